The molecule has 22 heavy (non-hydrogen) atoms. The number of benzene rings is 1. The topological polar surface area (TPSA) is 66.8 Å². The number of unbranched alkanes of at least 4 members (excludes halogenated alkanes) is 5. The Kier molecular flexibility index (Phi) is 6.39. The van der Waals surface area contributed by atoms with Crippen LogP contribution in [0.1, 0.15) is 69.1 Å². The number of phosphoric ester groups is 1. The van der Waals surface area contributed by atoms with Crippen LogP contribution in [0.15, 0.2) is 29.8 Å². The first kappa shape index (κ1) is 17.4. The van der Waals surface area contributed by atoms with E-state index in [0.717, 1.165) is 36.0 Å². The molecule has 2 rings (SSSR count). The van der Waals surface area contributed by atoms with Gasteiger partial charge in [-0.3, -0.25) is 4.52 Å². The Balaban J connectivity index is 1.95. The van der Waals surface area contributed by atoms with Crippen molar-refractivity contribution in [1.29, 1.82) is 0 Å². The summed E-state index contributed by atoms with van der Waals surface area (Å²) in [6, 6.07) is 7.63. The van der Waals surface area contributed by atoms with Crippen LogP contribution in [0.5, 0.6) is 0 Å². The first-order valence-electron chi connectivity index (χ1n) is 8.04. The van der Waals surface area contributed by atoms with E-state index in [-0.39, 0.29) is 0 Å². The van der Waals surface area contributed by atoms with Crippen LogP contribution in [-0.4, -0.2) is 9.79 Å². The van der Waals surface area contributed by atoms with Gasteiger partial charge in [-0.05, 0) is 29.5 Å². The molecule has 0 heterocycles. The summed E-state index contributed by atoms with van der Waals surface area (Å²) in [5.41, 5.74) is 2.83. The molecule has 2 N–H and O–H groups in total. The first-order chi connectivity index (χ1) is 10.5. The highest BCUT2D eigenvalue weighted by molar-refractivity contribution is 7.46. The summed E-state index contributed by atoms with van der Waals surface area (Å²) in [6.07, 6.45) is 9.41. The molecule has 0 saturated carbocycles. The van der Waals surface area contributed by atoms with E-state index >= 15 is 0 Å². The Bertz CT molecular complexity index is 562. The zero-order chi connectivity index (χ0) is 16.0. The second kappa shape index (κ2) is 8.07. The third-order valence-corrected chi connectivity index (χ3v) is 4.50. The molecule has 5 heteroatoms. The summed E-state index contributed by atoms with van der Waals surface area (Å²) in [7, 11) is -4.50. The zero-order valence-electron chi connectivity index (χ0n) is 13.1. The maximum absolute atomic E-state index is 11.2. The molecule has 0 amide bonds. The van der Waals surface area contributed by atoms with Crippen LogP contribution in [0, 0.1) is 0 Å². The fraction of sp³-hybridized carbons (Fsp3) is 0.529. The lowest BCUT2D eigenvalue weighted by atomic mass is 10.0. The van der Waals surface area contributed by atoms with E-state index in [4.69, 9.17) is 14.3 Å². The molecule has 1 atom stereocenters. The molecular formula is C17H25O4P. The summed E-state index contributed by atoms with van der Waals surface area (Å²) in [5.74, 6) is 0. The van der Waals surface area contributed by atoms with Crippen LogP contribution in [0.2, 0.25) is 0 Å². The molecule has 1 aliphatic rings. The van der Waals surface area contributed by atoms with Crippen molar-refractivity contribution in [1.82, 2.24) is 0 Å². The molecule has 0 spiro atoms. The Morgan fingerprint density at radius 2 is 1.77 bits per heavy atom. The number of rotatable bonds is 9. The molecule has 1 aliphatic carbocycles. The summed E-state index contributed by atoms with van der Waals surface area (Å²) in [4.78, 5) is 18.3. The van der Waals surface area contributed by atoms with Crippen LogP contribution in [0.4, 0.5) is 0 Å². The highest BCUT2D eigenvalue weighted by Crippen LogP contribution is 2.49. The standard InChI is InChI=1S/C17H25O4P/c1-2-3-4-5-6-7-11-15-13-14-10-8-9-12-16(14)17(15)21-22(18,19)20/h8-10,12-13,17H,2-7,11H2,1H3,(H2,18,19,20). The Morgan fingerprint density at radius 1 is 1.09 bits per heavy atom. The van der Waals surface area contributed by atoms with E-state index < -0.39 is 13.9 Å². The Labute approximate surface area is 132 Å². The second-order valence-corrected chi connectivity index (χ2v) is 7.03. The van der Waals surface area contributed by atoms with Crippen LogP contribution in [-0.2, 0) is 9.09 Å². The van der Waals surface area contributed by atoms with E-state index in [1.54, 1.807) is 0 Å². The van der Waals surface area contributed by atoms with Gasteiger partial charge in [0.15, 0.2) is 0 Å². The van der Waals surface area contributed by atoms with Crippen LogP contribution < -0.4 is 0 Å². The largest absolute Gasteiger partial charge is 0.470 e. The van der Waals surface area contributed by atoms with E-state index in [1.165, 1.54) is 25.7 Å². The van der Waals surface area contributed by atoms with Gasteiger partial charge in [0.2, 0.25) is 0 Å². The average Bonchev–Trinajstić information content (AvgIpc) is 2.79. The maximum Gasteiger partial charge on any atom is 0.470 e. The van der Waals surface area contributed by atoms with E-state index in [1.807, 2.05) is 30.3 Å². The van der Waals surface area contributed by atoms with Gasteiger partial charge in [0, 0.05) is 0 Å². The molecule has 122 valence electrons. The third kappa shape index (κ3) is 5.06. The fourth-order valence-electron chi connectivity index (χ4n) is 2.93. The van der Waals surface area contributed by atoms with Crippen LogP contribution >= 0.6 is 7.82 Å². The van der Waals surface area contributed by atoms with Gasteiger partial charge in [-0.25, -0.2) is 4.57 Å². The van der Waals surface area contributed by atoms with E-state index in [0.29, 0.717) is 0 Å². The third-order valence-electron chi connectivity index (χ3n) is 4.02. The number of hydrogen-bond donors (Lipinski definition) is 2. The van der Waals surface area contributed by atoms with Gasteiger partial charge in [-0.2, -0.15) is 0 Å². The summed E-state index contributed by atoms with van der Waals surface area (Å²) in [5, 5.41) is 0. The van der Waals surface area contributed by atoms with Gasteiger partial charge in [0.1, 0.15) is 6.10 Å². The van der Waals surface area contributed by atoms with Crippen molar-refractivity contribution < 1.29 is 18.9 Å². The number of hydrogen-bond acceptors (Lipinski definition) is 2. The summed E-state index contributed by atoms with van der Waals surface area (Å²) in [6.45, 7) is 2.20. The van der Waals surface area contributed by atoms with Gasteiger partial charge in [-0.15, -0.1) is 0 Å². The number of phosphoric acid groups is 1. The molecule has 1 unspecified atom stereocenters. The van der Waals surface area contributed by atoms with Crippen molar-refractivity contribution in [2.45, 2.75) is 58.0 Å². The molecule has 0 bridgehead atoms. The van der Waals surface area contributed by atoms with Crippen molar-refractivity contribution in [2.75, 3.05) is 0 Å². The lowest BCUT2D eigenvalue weighted by molar-refractivity contribution is 0.155. The van der Waals surface area contributed by atoms with Gasteiger partial charge in [-0.1, -0.05) is 69.4 Å². The predicted molar refractivity (Wildman–Crippen MR) is 88.3 cm³/mol. The average molecular weight is 324 g/mol. The smallest absolute Gasteiger partial charge is 0.303 e. The summed E-state index contributed by atoms with van der Waals surface area (Å²) < 4.78 is 16.3. The van der Waals surface area contributed by atoms with Gasteiger partial charge in [0.05, 0.1) is 0 Å². The fourth-order valence-corrected chi connectivity index (χ4v) is 3.45. The first-order valence-corrected chi connectivity index (χ1v) is 9.57. The van der Waals surface area contributed by atoms with Gasteiger partial charge < -0.3 is 9.79 Å². The highest BCUT2D eigenvalue weighted by atomic mass is 31.2. The number of fused-ring (bicyclic) bond motifs is 1. The minimum atomic E-state index is -4.50. The van der Waals surface area contributed by atoms with Crippen LogP contribution in [0.25, 0.3) is 6.08 Å². The normalized spacial score (nSPS) is 17.4. The summed E-state index contributed by atoms with van der Waals surface area (Å²) >= 11 is 0. The molecule has 0 aliphatic heterocycles. The minimum Gasteiger partial charge on any atom is -0.303 e. The molecule has 4 nitrogen and oxygen atoms in total. The maximum atomic E-state index is 11.2. The Morgan fingerprint density at radius 3 is 2.50 bits per heavy atom. The highest BCUT2D eigenvalue weighted by Gasteiger charge is 2.31. The SMILES string of the molecule is CCCCCCCCC1=Cc2ccccc2C1OP(=O)(O)O. The van der Waals surface area contributed by atoms with Crippen molar-refractivity contribution in [2.24, 2.45) is 0 Å². The Hall–Kier alpha value is -0.930. The van der Waals surface area contributed by atoms with Crippen molar-refractivity contribution in [3.63, 3.8) is 0 Å². The molecule has 0 radical (unpaired) electrons. The van der Waals surface area contributed by atoms with E-state index in [9.17, 15) is 4.57 Å². The molecule has 1 aromatic rings. The molecular weight excluding hydrogens is 299 g/mol. The quantitative estimate of drug-likeness (QED) is 0.496. The second-order valence-electron chi connectivity index (χ2n) is 5.84. The van der Waals surface area contributed by atoms with Gasteiger partial charge >= 0.3 is 7.82 Å². The molecule has 0 fully saturated rings. The monoisotopic (exact) mass is 324 g/mol. The van der Waals surface area contributed by atoms with Crippen molar-refractivity contribution in [3.05, 3.63) is 41.0 Å². The minimum absolute atomic E-state index is 0.604. The molecule has 0 aromatic heterocycles. The van der Waals surface area contributed by atoms with Crippen LogP contribution in [0.3, 0.4) is 0 Å². The van der Waals surface area contributed by atoms with Crippen molar-refractivity contribution in [3.8, 4) is 0 Å². The predicted octanol–water partition coefficient (Wildman–Crippen LogP) is 4.98. The zero-order valence-corrected chi connectivity index (χ0v) is 14.0. The molecule has 1 aromatic carbocycles. The lowest BCUT2D eigenvalue weighted by Gasteiger charge is -2.18. The van der Waals surface area contributed by atoms with Gasteiger partial charge in [0.25, 0.3) is 0 Å². The van der Waals surface area contributed by atoms with E-state index in [2.05, 4.69) is 6.92 Å². The van der Waals surface area contributed by atoms with Crippen molar-refractivity contribution >= 4 is 13.9 Å². The lowest BCUT2D eigenvalue weighted by Crippen LogP contribution is -2.03. The molecule has 0 saturated heterocycles.